The summed E-state index contributed by atoms with van der Waals surface area (Å²) >= 11 is 5.95. The molecule has 3 rings (SSSR count). The van der Waals surface area contributed by atoms with Crippen LogP contribution in [0.4, 0.5) is 5.69 Å². The molecule has 1 fully saturated rings. The molecular weight excluding hydrogens is 362 g/mol. The molecule has 5 nitrogen and oxygen atoms in total. The van der Waals surface area contributed by atoms with Gasteiger partial charge < -0.3 is 10.1 Å². The van der Waals surface area contributed by atoms with Crippen LogP contribution in [0.3, 0.4) is 0 Å². The van der Waals surface area contributed by atoms with Gasteiger partial charge in [-0.1, -0.05) is 23.7 Å². The third-order valence-corrected chi connectivity index (χ3v) is 5.26. The summed E-state index contributed by atoms with van der Waals surface area (Å²) in [6, 6.07) is 15.2. The van der Waals surface area contributed by atoms with Gasteiger partial charge in [-0.2, -0.15) is 0 Å². The number of carbonyl (C=O) groups is 1. The summed E-state index contributed by atoms with van der Waals surface area (Å²) in [6.07, 6.45) is 0. The lowest BCUT2D eigenvalue weighted by molar-refractivity contribution is -0.121. The Kier molecular flexibility index (Phi) is 6.72. The van der Waals surface area contributed by atoms with Crippen LogP contribution in [-0.2, 0) is 11.3 Å². The number of hydrogen-bond acceptors (Lipinski definition) is 4. The number of carbonyl (C=O) groups excluding carboxylic acids is 1. The van der Waals surface area contributed by atoms with Crippen molar-refractivity contribution in [2.24, 2.45) is 0 Å². The Morgan fingerprint density at radius 3 is 2.30 bits per heavy atom. The van der Waals surface area contributed by atoms with Crippen LogP contribution in [0, 0.1) is 0 Å². The number of anilines is 1. The van der Waals surface area contributed by atoms with Crippen LogP contribution in [-0.4, -0.2) is 55.0 Å². The second-order valence-electron chi connectivity index (χ2n) is 6.83. The molecule has 0 aliphatic carbocycles. The Morgan fingerprint density at radius 1 is 1.07 bits per heavy atom. The van der Waals surface area contributed by atoms with Gasteiger partial charge in [0, 0.05) is 43.4 Å². The molecule has 1 heterocycles. The fourth-order valence-corrected chi connectivity index (χ4v) is 3.37. The fraction of sp³-hybridized carbons (Fsp3) is 0.381. The van der Waals surface area contributed by atoms with E-state index < -0.39 is 0 Å². The predicted molar refractivity (Wildman–Crippen MR) is 109 cm³/mol. The summed E-state index contributed by atoms with van der Waals surface area (Å²) in [4.78, 5) is 17.2. The number of nitrogens with zero attached hydrogens (tertiary/aromatic N) is 2. The minimum absolute atomic E-state index is 0.0197. The lowest BCUT2D eigenvalue weighted by Crippen LogP contribution is -2.52. The van der Waals surface area contributed by atoms with Crippen molar-refractivity contribution in [3.05, 3.63) is 59.1 Å². The van der Waals surface area contributed by atoms with E-state index in [0.29, 0.717) is 0 Å². The number of benzene rings is 2. The monoisotopic (exact) mass is 387 g/mol. The van der Waals surface area contributed by atoms with Crippen molar-refractivity contribution in [2.45, 2.75) is 19.5 Å². The molecule has 1 saturated heterocycles. The molecule has 1 amide bonds. The molecule has 144 valence electrons. The van der Waals surface area contributed by atoms with E-state index in [2.05, 4.69) is 27.2 Å². The first-order valence-electron chi connectivity index (χ1n) is 9.21. The minimum Gasteiger partial charge on any atom is -0.497 e. The number of rotatable bonds is 6. The van der Waals surface area contributed by atoms with E-state index >= 15 is 0 Å². The maximum Gasteiger partial charge on any atom is 0.241 e. The third-order valence-electron chi connectivity index (χ3n) is 5.01. The van der Waals surface area contributed by atoms with Gasteiger partial charge in [-0.3, -0.25) is 14.6 Å². The fourth-order valence-electron chi connectivity index (χ4n) is 3.24. The van der Waals surface area contributed by atoms with Crippen LogP contribution in [0.25, 0.3) is 0 Å². The molecule has 1 unspecified atom stereocenters. The van der Waals surface area contributed by atoms with Crippen molar-refractivity contribution in [1.82, 2.24) is 9.80 Å². The number of nitrogens with one attached hydrogen (secondary N) is 1. The van der Waals surface area contributed by atoms with Crippen molar-refractivity contribution in [1.29, 1.82) is 0 Å². The summed E-state index contributed by atoms with van der Waals surface area (Å²) in [7, 11) is 1.63. The zero-order chi connectivity index (χ0) is 19.2. The van der Waals surface area contributed by atoms with E-state index in [0.717, 1.165) is 49.2 Å². The summed E-state index contributed by atoms with van der Waals surface area (Å²) < 4.78 is 5.14. The average molecular weight is 388 g/mol. The van der Waals surface area contributed by atoms with Gasteiger partial charge >= 0.3 is 0 Å². The van der Waals surface area contributed by atoms with E-state index in [1.165, 1.54) is 5.56 Å². The molecule has 2 aromatic rings. The molecule has 0 aromatic heterocycles. The van der Waals surface area contributed by atoms with Crippen molar-refractivity contribution in [3.63, 3.8) is 0 Å². The molecule has 1 aliphatic heterocycles. The molecule has 0 saturated carbocycles. The largest absolute Gasteiger partial charge is 0.497 e. The van der Waals surface area contributed by atoms with Gasteiger partial charge in [-0.05, 0) is 48.9 Å². The van der Waals surface area contributed by atoms with Crippen LogP contribution in [0.2, 0.25) is 5.02 Å². The predicted octanol–water partition coefficient (Wildman–Crippen LogP) is 3.49. The summed E-state index contributed by atoms with van der Waals surface area (Å²) in [5, 5.41) is 3.75. The van der Waals surface area contributed by atoms with Crippen LogP contribution < -0.4 is 10.1 Å². The van der Waals surface area contributed by atoms with Crippen molar-refractivity contribution in [3.8, 4) is 5.75 Å². The molecular formula is C21H26ClN3O2. The SMILES string of the molecule is COc1ccc(NC(=O)C(C)N2CCN(Cc3ccc(Cl)cc3)CC2)cc1. The number of halogens is 1. The topological polar surface area (TPSA) is 44.8 Å². The van der Waals surface area contributed by atoms with E-state index in [9.17, 15) is 4.79 Å². The van der Waals surface area contributed by atoms with Gasteiger partial charge in [0.25, 0.3) is 0 Å². The molecule has 27 heavy (non-hydrogen) atoms. The Morgan fingerprint density at radius 2 is 1.70 bits per heavy atom. The molecule has 1 atom stereocenters. The molecule has 2 aromatic carbocycles. The van der Waals surface area contributed by atoms with Crippen molar-refractivity contribution < 1.29 is 9.53 Å². The minimum atomic E-state index is -0.162. The van der Waals surface area contributed by atoms with Crippen molar-refractivity contribution in [2.75, 3.05) is 38.6 Å². The number of amides is 1. The molecule has 0 spiro atoms. The van der Waals surface area contributed by atoms with E-state index in [4.69, 9.17) is 16.3 Å². The Labute approximate surface area is 165 Å². The maximum absolute atomic E-state index is 12.6. The summed E-state index contributed by atoms with van der Waals surface area (Å²) in [5.74, 6) is 0.796. The first kappa shape index (κ1) is 19.7. The number of ether oxygens (including phenoxy) is 1. The normalized spacial score (nSPS) is 16.7. The van der Waals surface area contributed by atoms with Crippen LogP contribution >= 0.6 is 11.6 Å². The molecule has 1 aliphatic rings. The Hall–Kier alpha value is -2.08. The average Bonchev–Trinajstić information content (AvgIpc) is 2.70. The highest BCUT2D eigenvalue weighted by atomic mass is 35.5. The third kappa shape index (κ3) is 5.45. The van der Waals surface area contributed by atoms with Crippen LogP contribution in [0.5, 0.6) is 5.75 Å². The zero-order valence-corrected chi connectivity index (χ0v) is 16.6. The Balaban J connectivity index is 1.47. The quantitative estimate of drug-likeness (QED) is 0.824. The highest BCUT2D eigenvalue weighted by Crippen LogP contribution is 2.17. The first-order chi connectivity index (χ1) is 13.0. The van der Waals surface area contributed by atoms with Gasteiger partial charge in [0.1, 0.15) is 5.75 Å². The number of methoxy groups -OCH3 is 1. The zero-order valence-electron chi connectivity index (χ0n) is 15.8. The number of piperazine rings is 1. The highest BCUT2D eigenvalue weighted by molar-refractivity contribution is 6.30. The lowest BCUT2D eigenvalue weighted by atomic mass is 10.1. The number of hydrogen-bond donors (Lipinski definition) is 1. The van der Waals surface area contributed by atoms with Crippen molar-refractivity contribution >= 4 is 23.2 Å². The maximum atomic E-state index is 12.6. The van der Waals surface area contributed by atoms with E-state index in [1.54, 1.807) is 7.11 Å². The van der Waals surface area contributed by atoms with Gasteiger partial charge in [-0.25, -0.2) is 0 Å². The molecule has 0 bridgehead atoms. The summed E-state index contributed by atoms with van der Waals surface area (Å²) in [6.45, 7) is 6.53. The van der Waals surface area contributed by atoms with Gasteiger partial charge in [0.15, 0.2) is 0 Å². The van der Waals surface area contributed by atoms with E-state index in [-0.39, 0.29) is 11.9 Å². The Bertz CT molecular complexity index is 741. The summed E-state index contributed by atoms with van der Waals surface area (Å²) in [5.41, 5.74) is 2.05. The van der Waals surface area contributed by atoms with Gasteiger partial charge in [0.2, 0.25) is 5.91 Å². The second-order valence-corrected chi connectivity index (χ2v) is 7.27. The van der Waals surface area contributed by atoms with Gasteiger partial charge in [-0.15, -0.1) is 0 Å². The van der Waals surface area contributed by atoms with E-state index in [1.807, 2.05) is 43.3 Å². The molecule has 1 N–H and O–H groups in total. The second kappa shape index (κ2) is 9.22. The molecule has 0 radical (unpaired) electrons. The van der Waals surface area contributed by atoms with Crippen LogP contribution in [0.15, 0.2) is 48.5 Å². The van der Waals surface area contributed by atoms with Crippen LogP contribution in [0.1, 0.15) is 12.5 Å². The molecule has 6 heteroatoms. The highest BCUT2D eigenvalue weighted by Gasteiger charge is 2.25. The first-order valence-corrected chi connectivity index (χ1v) is 9.59. The lowest BCUT2D eigenvalue weighted by Gasteiger charge is -2.37. The smallest absolute Gasteiger partial charge is 0.241 e. The van der Waals surface area contributed by atoms with Gasteiger partial charge in [0.05, 0.1) is 13.2 Å². The standard InChI is InChI=1S/C21H26ClN3O2/c1-16(21(26)23-19-7-9-20(27-2)10-8-19)25-13-11-24(12-14-25)15-17-3-5-18(22)6-4-17/h3-10,16H,11-15H2,1-2H3,(H,23,26).